The first-order chi connectivity index (χ1) is 6.63. The minimum Gasteiger partial charge on any atom is -0.399 e. The van der Waals surface area contributed by atoms with E-state index >= 15 is 0 Å². The van der Waals surface area contributed by atoms with E-state index in [1.54, 1.807) is 6.07 Å². The van der Waals surface area contributed by atoms with Crippen LogP contribution in [0.15, 0.2) is 18.2 Å². The third-order valence-electron chi connectivity index (χ3n) is 1.37. The first-order valence-electron chi connectivity index (χ1n) is 3.78. The van der Waals surface area contributed by atoms with E-state index in [1.807, 2.05) is 6.07 Å². The normalized spacial score (nSPS) is 8.86. The van der Waals surface area contributed by atoms with Crippen LogP contribution < -0.4 is 10.6 Å². The second-order valence-electron chi connectivity index (χ2n) is 2.53. The lowest BCUT2D eigenvalue weighted by Crippen LogP contribution is -2.04. The second-order valence-corrected chi connectivity index (χ2v) is 2.53. The van der Waals surface area contributed by atoms with Gasteiger partial charge in [-0.25, -0.2) is 4.79 Å². The van der Waals surface area contributed by atoms with Crippen LogP contribution in [-0.4, -0.2) is 5.97 Å². The summed E-state index contributed by atoms with van der Waals surface area (Å²) in [6.07, 6.45) is 0. The molecule has 0 radical (unpaired) electrons. The minimum absolute atomic E-state index is 0.164. The summed E-state index contributed by atoms with van der Waals surface area (Å²) in [5.41, 5.74) is 6.10. The number of nitrogens with two attached hydrogens (primary N) is 1. The van der Waals surface area contributed by atoms with Gasteiger partial charge in [-0.3, -0.25) is 9.78 Å². The molecule has 0 atom stereocenters. The fourth-order valence-corrected chi connectivity index (χ4v) is 0.811. The van der Waals surface area contributed by atoms with Crippen LogP contribution in [-0.2, 0) is 9.68 Å². The van der Waals surface area contributed by atoms with Crippen molar-refractivity contribution in [1.29, 1.82) is 5.26 Å². The Labute approximate surface area is 80.6 Å². The highest BCUT2D eigenvalue weighted by Gasteiger charge is 2.06. The van der Waals surface area contributed by atoms with Crippen LogP contribution in [0.1, 0.15) is 12.5 Å². The number of carbonyl (C=O) groups is 1. The van der Waals surface area contributed by atoms with Gasteiger partial charge in [-0.05, 0) is 18.2 Å². The molecule has 1 aromatic rings. The second kappa shape index (κ2) is 4.14. The SMILES string of the molecule is CC(=O)OOc1ccc(N)cc1C#N. The molecule has 0 aromatic heterocycles. The molecule has 0 fully saturated rings. The molecule has 0 saturated carbocycles. The molecule has 0 bridgehead atoms. The Morgan fingerprint density at radius 2 is 2.29 bits per heavy atom. The highest BCUT2D eigenvalue weighted by molar-refractivity contribution is 5.65. The highest BCUT2D eigenvalue weighted by Crippen LogP contribution is 2.20. The van der Waals surface area contributed by atoms with Gasteiger partial charge in [0.2, 0.25) is 0 Å². The Bertz CT molecular complexity index is 396. The fourth-order valence-electron chi connectivity index (χ4n) is 0.811. The maximum absolute atomic E-state index is 10.4. The summed E-state index contributed by atoms with van der Waals surface area (Å²) in [5.74, 6) is -0.428. The summed E-state index contributed by atoms with van der Waals surface area (Å²) < 4.78 is 0. The van der Waals surface area contributed by atoms with Gasteiger partial charge < -0.3 is 5.73 Å². The number of anilines is 1. The van der Waals surface area contributed by atoms with E-state index in [-0.39, 0.29) is 11.3 Å². The first kappa shape index (κ1) is 9.86. The average Bonchev–Trinajstić information content (AvgIpc) is 2.15. The number of carbonyl (C=O) groups excluding carboxylic acids is 1. The van der Waals surface area contributed by atoms with Crippen molar-refractivity contribution in [3.8, 4) is 11.8 Å². The molecule has 5 heteroatoms. The van der Waals surface area contributed by atoms with Gasteiger partial charge in [-0.15, -0.1) is 0 Å². The number of hydrogen-bond acceptors (Lipinski definition) is 5. The van der Waals surface area contributed by atoms with Crippen LogP contribution in [0.2, 0.25) is 0 Å². The molecular weight excluding hydrogens is 184 g/mol. The number of nitriles is 1. The van der Waals surface area contributed by atoms with Crippen molar-refractivity contribution in [2.45, 2.75) is 6.92 Å². The van der Waals surface area contributed by atoms with E-state index in [4.69, 9.17) is 11.0 Å². The van der Waals surface area contributed by atoms with Crippen LogP contribution >= 0.6 is 0 Å². The zero-order chi connectivity index (χ0) is 10.6. The quantitative estimate of drug-likeness (QED) is 0.429. The summed E-state index contributed by atoms with van der Waals surface area (Å²) in [5, 5.41) is 8.68. The third-order valence-corrected chi connectivity index (χ3v) is 1.37. The number of nitrogens with zero attached hydrogens (tertiary/aromatic N) is 1. The molecule has 14 heavy (non-hydrogen) atoms. The lowest BCUT2D eigenvalue weighted by atomic mass is 10.2. The number of benzene rings is 1. The molecule has 2 N–H and O–H groups in total. The van der Waals surface area contributed by atoms with E-state index in [9.17, 15) is 4.79 Å². The maximum Gasteiger partial charge on any atom is 0.352 e. The lowest BCUT2D eigenvalue weighted by molar-refractivity contribution is -0.210. The monoisotopic (exact) mass is 192 g/mol. The van der Waals surface area contributed by atoms with Crippen molar-refractivity contribution in [2.24, 2.45) is 0 Å². The standard InChI is InChI=1S/C9H8N2O3/c1-6(12)13-14-9-3-2-8(11)4-7(9)5-10/h2-4H,11H2,1H3. The molecule has 0 unspecified atom stereocenters. The molecule has 72 valence electrons. The summed E-state index contributed by atoms with van der Waals surface area (Å²) in [7, 11) is 0. The van der Waals surface area contributed by atoms with Crippen LogP contribution in [0.5, 0.6) is 5.75 Å². The summed E-state index contributed by atoms with van der Waals surface area (Å²) >= 11 is 0. The average molecular weight is 192 g/mol. The van der Waals surface area contributed by atoms with Gasteiger partial charge in [0.05, 0.1) is 0 Å². The molecule has 0 heterocycles. The number of nitrogen functional groups attached to an aromatic ring is 1. The van der Waals surface area contributed by atoms with E-state index in [0.29, 0.717) is 5.69 Å². The van der Waals surface area contributed by atoms with Gasteiger partial charge in [0, 0.05) is 12.6 Å². The van der Waals surface area contributed by atoms with Gasteiger partial charge >= 0.3 is 5.97 Å². The topological polar surface area (TPSA) is 85.3 Å². The van der Waals surface area contributed by atoms with Gasteiger partial charge in [0.15, 0.2) is 5.75 Å². The summed E-state index contributed by atoms with van der Waals surface area (Å²) in [6.45, 7) is 1.20. The molecule has 1 rings (SSSR count). The van der Waals surface area contributed by atoms with Crippen LogP contribution in [0.3, 0.4) is 0 Å². The highest BCUT2D eigenvalue weighted by atomic mass is 17.2. The summed E-state index contributed by atoms with van der Waals surface area (Å²) in [6, 6.07) is 6.29. The summed E-state index contributed by atoms with van der Waals surface area (Å²) in [4.78, 5) is 19.3. The lowest BCUT2D eigenvalue weighted by Gasteiger charge is -2.04. The Morgan fingerprint density at radius 3 is 2.86 bits per heavy atom. The molecule has 0 aliphatic carbocycles. The van der Waals surface area contributed by atoms with Gasteiger partial charge in [0.1, 0.15) is 11.6 Å². The predicted molar refractivity (Wildman–Crippen MR) is 48.0 cm³/mol. The fraction of sp³-hybridized carbons (Fsp3) is 0.111. The van der Waals surface area contributed by atoms with Crippen molar-refractivity contribution >= 4 is 11.7 Å². The predicted octanol–water partition coefficient (Wildman–Crippen LogP) is 0.997. The zero-order valence-electron chi connectivity index (χ0n) is 7.48. The van der Waals surface area contributed by atoms with Crippen molar-refractivity contribution < 1.29 is 14.6 Å². The molecule has 0 aliphatic rings. The maximum atomic E-state index is 10.4. The van der Waals surface area contributed by atoms with E-state index in [0.717, 1.165) is 0 Å². The van der Waals surface area contributed by atoms with Crippen molar-refractivity contribution in [3.63, 3.8) is 0 Å². The van der Waals surface area contributed by atoms with Crippen molar-refractivity contribution in [2.75, 3.05) is 5.73 Å². The van der Waals surface area contributed by atoms with Crippen LogP contribution in [0.25, 0.3) is 0 Å². The molecule has 5 nitrogen and oxygen atoms in total. The van der Waals surface area contributed by atoms with Gasteiger partial charge in [0.25, 0.3) is 0 Å². The van der Waals surface area contributed by atoms with E-state index in [1.165, 1.54) is 19.1 Å². The smallest absolute Gasteiger partial charge is 0.352 e. The Balaban J connectivity index is 2.87. The van der Waals surface area contributed by atoms with Crippen LogP contribution in [0, 0.1) is 11.3 Å². The largest absolute Gasteiger partial charge is 0.399 e. The molecule has 0 spiro atoms. The molecule has 1 aromatic carbocycles. The molecule has 0 aliphatic heterocycles. The Morgan fingerprint density at radius 1 is 1.57 bits per heavy atom. The van der Waals surface area contributed by atoms with Crippen LogP contribution in [0.4, 0.5) is 5.69 Å². The van der Waals surface area contributed by atoms with Crippen molar-refractivity contribution in [1.82, 2.24) is 0 Å². The Kier molecular flexibility index (Phi) is 2.92. The Hall–Kier alpha value is -2.22. The first-order valence-corrected chi connectivity index (χ1v) is 3.78. The number of rotatable bonds is 2. The van der Waals surface area contributed by atoms with Gasteiger partial charge in [-0.1, -0.05) is 0 Å². The molecule has 0 amide bonds. The molecule has 0 saturated heterocycles. The molecular formula is C9H8N2O3. The van der Waals surface area contributed by atoms with E-state index < -0.39 is 5.97 Å². The minimum atomic E-state index is -0.592. The van der Waals surface area contributed by atoms with Crippen molar-refractivity contribution in [3.05, 3.63) is 23.8 Å². The number of hydrogen-bond donors (Lipinski definition) is 1. The zero-order valence-corrected chi connectivity index (χ0v) is 7.48. The van der Waals surface area contributed by atoms with E-state index in [2.05, 4.69) is 9.78 Å². The van der Waals surface area contributed by atoms with Gasteiger partial charge in [-0.2, -0.15) is 5.26 Å². The third kappa shape index (κ3) is 2.38.